The number of aromatic nitrogens is 4. The van der Waals surface area contributed by atoms with Crippen molar-refractivity contribution < 1.29 is 47.7 Å². The second-order valence-electron chi connectivity index (χ2n) is 18.6. The number of fused-ring (bicyclic) bond motifs is 1. The van der Waals surface area contributed by atoms with Crippen molar-refractivity contribution in [3.05, 3.63) is 80.4 Å². The molecule has 0 spiro atoms. The molecule has 3 fully saturated rings. The molecule has 5 N–H and O–H groups in total. The molecule has 1 aromatic carbocycles. The Morgan fingerprint density at radius 3 is 2.36 bits per heavy atom. The molecule has 73 heavy (non-hydrogen) atoms. The van der Waals surface area contributed by atoms with E-state index >= 15 is 0 Å². The highest BCUT2D eigenvalue weighted by Gasteiger charge is 2.40. The van der Waals surface area contributed by atoms with Gasteiger partial charge >= 0.3 is 6.09 Å². The van der Waals surface area contributed by atoms with Gasteiger partial charge in [-0.1, -0.05) is 41.9 Å². The fourth-order valence-electron chi connectivity index (χ4n) is 9.08. The van der Waals surface area contributed by atoms with Crippen LogP contribution in [0.3, 0.4) is 0 Å². The number of aryl methyl sites for hydroxylation is 1. The number of halogens is 1. The van der Waals surface area contributed by atoms with E-state index in [1.54, 1.807) is 6.20 Å². The molecule has 8 rings (SSSR count). The third-order valence-electron chi connectivity index (χ3n) is 13.2. The van der Waals surface area contributed by atoms with Gasteiger partial charge in [0.1, 0.15) is 19.2 Å². The van der Waals surface area contributed by atoms with Crippen LogP contribution in [0.1, 0.15) is 82.7 Å². The first-order valence-corrected chi connectivity index (χ1v) is 26.2. The maximum absolute atomic E-state index is 13.6. The molecule has 1 unspecified atom stereocenters. The number of imide groups is 1. The van der Waals surface area contributed by atoms with E-state index in [0.29, 0.717) is 92.8 Å². The first-order valence-electron chi connectivity index (χ1n) is 25.0. The number of hydrogen-bond acceptors (Lipinski definition) is 16. The Morgan fingerprint density at radius 1 is 0.890 bits per heavy atom. The minimum Gasteiger partial charge on any atom is -0.445 e. The molecule has 3 aromatic heterocycles. The predicted octanol–water partition coefficient (Wildman–Crippen LogP) is 3.74. The average Bonchev–Trinajstić information content (AvgIpc) is 3.90. The molecular formula is C50H64ClN11O10S. The van der Waals surface area contributed by atoms with E-state index in [1.807, 2.05) is 54.3 Å². The number of carbonyl (C=O) groups is 6. The fourth-order valence-corrected chi connectivity index (χ4v) is 10.3. The summed E-state index contributed by atoms with van der Waals surface area (Å²) >= 11 is 7.92. The molecule has 2 aliphatic heterocycles. The summed E-state index contributed by atoms with van der Waals surface area (Å²) < 4.78 is 24.4. The standard InChI is InChI=1S/C50H64ClN11O10S/c1-60-41(23-32-7-8-32)38(26-56-60)45-39(51)27-55-49(59-45)57-35-9-11-36(12-10-35)61(50(68)72-31-33-5-3-2-4-6-33)30-44(65)53-16-18-70-20-22-71-21-19-69-17-15-52-28-43(64)54-25-37-24-34-29-62(48(67)46(34)73-37)40-13-14-42(63)58-47(40)66/h2-6,24,26-27,32,35-36,40,52H,7-23,25,28-31H2,1H3,(H,53,65)(H,54,64)(H,55,57,59)(H,58,63,66). The SMILES string of the molecule is Cn1ncc(-c2nc(NC3CCC(N(CC(=O)NCCOCCOCCOCCNCC(=O)NCc4cc5c(s4)C(=O)N(C4CCC(=O)NC4=O)C5)C(=O)OCc4ccccc4)CC3)ncc2Cl)c1CC1CC1. The fraction of sp³-hybridized carbons (Fsp3) is 0.540. The van der Waals surface area contributed by atoms with Crippen LogP contribution in [0.15, 0.2) is 48.8 Å². The highest BCUT2D eigenvalue weighted by molar-refractivity contribution is 7.14. The number of rotatable bonds is 27. The van der Waals surface area contributed by atoms with Crippen molar-refractivity contribution in [2.24, 2.45) is 13.0 Å². The third kappa shape index (κ3) is 15.3. The average molecular weight is 1050 g/mol. The van der Waals surface area contributed by atoms with Crippen molar-refractivity contribution in [3.8, 4) is 11.3 Å². The summed E-state index contributed by atoms with van der Waals surface area (Å²) in [6, 6.07) is 10.5. The molecule has 5 heterocycles. The van der Waals surface area contributed by atoms with Crippen LogP contribution in [0.25, 0.3) is 11.3 Å². The zero-order valence-corrected chi connectivity index (χ0v) is 42.6. The van der Waals surface area contributed by atoms with Crippen molar-refractivity contribution in [1.82, 2.24) is 50.8 Å². The number of hydrogen-bond donors (Lipinski definition) is 5. The molecule has 392 valence electrons. The van der Waals surface area contributed by atoms with Crippen LogP contribution in [0, 0.1) is 5.92 Å². The van der Waals surface area contributed by atoms with E-state index in [9.17, 15) is 28.8 Å². The Bertz CT molecular complexity index is 2550. The van der Waals surface area contributed by atoms with Gasteiger partial charge in [0.15, 0.2) is 0 Å². The van der Waals surface area contributed by atoms with E-state index in [1.165, 1.54) is 34.0 Å². The summed E-state index contributed by atoms with van der Waals surface area (Å²) in [6.45, 7) is 3.36. The van der Waals surface area contributed by atoms with Gasteiger partial charge in [-0.2, -0.15) is 5.10 Å². The van der Waals surface area contributed by atoms with Gasteiger partial charge in [0.25, 0.3) is 5.91 Å². The number of thiophene rings is 1. The van der Waals surface area contributed by atoms with Gasteiger partial charge in [0.2, 0.25) is 29.6 Å². The van der Waals surface area contributed by atoms with Crippen molar-refractivity contribution in [3.63, 3.8) is 0 Å². The highest BCUT2D eigenvalue weighted by atomic mass is 35.5. The molecule has 23 heteroatoms. The van der Waals surface area contributed by atoms with Crippen LogP contribution >= 0.6 is 22.9 Å². The molecular weight excluding hydrogens is 982 g/mol. The summed E-state index contributed by atoms with van der Waals surface area (Å²) in [5.41, 5.74) is 4.36. The van der Waals surface area contributed by atoms with E-state index < -0.39 is 18.0 Å². The second kappa shape index (κ2) is 26.3. The zero-order chi connectivity index (χ0) is 51.1. The molecule has 1 atom stereocenters. The second-order valence-corrected chi connectivity index (χ2v) is 20.1. The predicted molar refractivity (Wildman–Crippen MR) is 269 cm³/mol. The summed E-state index contributed by atoms with van der Waals surface area (Å²) in [5, 5.41) is 19.5. The third-order valence-corrected chi connectivity index (χ3v) is 14.6. The van der Waals surface area contributed by atoms with E-state index in [-0.39, 0.29) is 81.5 Å². The minimum atomic E-state index is -0.654. The number of piperidine rings is 1. The molecule has 2 saturated carbocycles. The summed E-state index contributed by atoms with van der Waals surface area (Å²) in [6.07, 6.45) is 9.53. The quantitative estimate of drug-likeness (QED) is 0.0422. The van der Waals surface area contributed by atoms with Crippen molar-refractivity contribution >= 4 is 64.5 Å². The molecule has 1 saturated heterocycles. The summed E-state index contributed by atoms with van der Waals surface area (Å²) in [7, 11) is 1.94. The Labute approximate surface area is 432 Å². The Morgan fingerprint density at radius 2 is 1.63 bits per heavy atom. The first kappa shape index (κ1) is 53.3. The lowest BCUT2D eigenvalue weighted by Crippen LogP contribution is -2.52. The molecule has 4 aliphatic rings. The van der Waals surface area contributed by atoms with Gasteiger partial charge in [-0.3, -0.25) is 38.9 Å². The van der Waals surface area contributed by atoms with Gasteiger partial charge in [-0.15, -0.1) is 11.3 Å². The zero-order valence-electron chi connectivity index (χ0n) is 41.0. The Kier molecular flexibility index (Phi) is 19.2. The number of anilines is 1. The van der Waals surface area contributed by atoms with Crippen LogP contribution in [0.5, 0.6) is 0 Å². The lowest BCUT2D eigenvalue weighted by Gasteiger charge is -2.36. The highest BCUT2D eigenvalue weighted by Crippen LogP contribution is 2.37. The minimum absolute atomic E-state index is 0.0542. The summed E-state index contributed by atoms with van der Waals surface area (Å²) in [4.78, 5) is 89.6. The lowest BCUT2D eigenvalue weighted by molar-refractivity contribution is -0.137. The molecule has 2 aliphatic carbocycles. The van der Waals surface area contributed by atoms with Crippen molar-refractivity contribution in [2.45, 2.75) is 95.6 Å². The molecule has 21 nitrogen and oxygen atoms in total. The number of ether oxygens (including phenoxy) is 4. The Balaban J connectivity index is 0.665. The van der Waals surface area contributed by atoms with E-state index in [2.05, 4.69) is 36.7 Å². The van der Waals surface area contributed by atoms with Crippen LogP contribution in [0.2, 0.25) is 5.02 Å². The van der Waals surface area contributed by atoms with Gasteiger partial charge in [0.05, 0.1) is 80.7 Å². The number of amides is 6. The largest absolute Gasteiger partial charge is 0.445 e. The monoisotopic (exact) mass is 1050 g/mol. The number of nitrogens with one attached hydrogen (secondary N) is 5. The van der Waals surface area contributed by atoms with Crippen LogP contribution in [-0.2, 0) is 71.3 Å². The maximum Gasteiger partial charge on any atom is 0.410 e. The van der Waals surface area contributed by atoms with E-state index in [4.69, 9.17) is 35.5 Å². The van der Waals surface area contributed by atoms with E-state index in [0.717, 1.165) is 46.5 Å². The maximum atomic E-state index is 13.6. The molecule has 4 aromatic rings. The topological polar surface area (TPSA) is 250 Å². The van der Waals surface area contributed by atoms with Crippen molar-refractivity contribution in [1.29, 1.82) is 0 Å². The number of benzene rings is 1. The molecule has 0 bridgehead atoms. The van der Waals surface area contributed by atoms with Crippen LogP contribution < -0.4 is 26.6 Å². The lowest BCUT2D eigenvalue weighted by atomic mass is 9.90. The van der Waals surface area contributed by atoms with Gasteiger partial charge in [-0.05, 0) is 74.5 Å². The number of nitrogens with zero attached hydrogens (tertiary/aromatic N) is 6. The van der Waals surface area contributed by atoms with Gasteiger partial charge in [-0.25, -0.2) is 14.8 Å². The van der Waals surface area contributed by atoms with Gasteiger partial charge < -0.3 is 45.1 Å². The van der Waals surface area contributed by atoms with Crippen molar-refractivity contribution in [2.75, 3.05) is 71.1 Å². The van der Waals surface area contributed by atoms with Gasteiger partial charge in [0, 0.05) is 61.3 Å². The molecule has 0 radical (unpaired) electrons. The summed E-state index contributed by atoms with van der Waals surface area (Å²) in [5.74, 6) is -0.358. The first-order chi connectivity index (χ1) is 35.5. The number of carbonyl (C=O) groups excluding carboxylic acids is 6. The van der Waals surface area contributed by atoms with Crippen LogP contribution in [0.4, 0.5) is 10.7 Å². The Hall–Kier alpha value is -6.04. The normalized spacial score (nSPS) is 18.6. The molecule has 6 amide bonds. The smallest absolute Gasteiger partial charge is 0.410 e. The van der Waals surface area contributed by atoms with Crippen LogP contribution in [-0.4, -0.2) is 149 Å².